The molecule has 2 aromatic rings. The summed E-state index contributed by atoms with van der Waals surface area (Å²) in [5.74, 6) is -2.39. The zero-order valence-electron chi connectivity index (χ0n) is 9.45. The summed E-state index contributed by atoms with van der Waals surface area (Å²) in [6.45, 7) is 0. The Morgan fingerprint density at radius 2 is 1.89 bits per heavy atom. The molecule has 0 saturated carbocycles. The Morgan fingerprint density at radius 1 is 1.16 bits per heavy atom. The van der Waals surface area contributed by atoms with Gasteiger partial charge in [0.1, 0.15) is 17.4 Å². The molecule has 0 saturated heterocycles. The molecule has 98 valence electrons. The van der Waals surface area contributed by atoms with E-state index in [1.165, 1.54) is 12.1 Å². The second-order valence-electron chi connectivity index (χ2n) is 3.74. The molecule has 2 rings (SSSR count). The number of phenols is 1. The highest BCUT2D eigenvalue weighted by atomic mass is 35.5. The molecule has 2 aromatic carbocycles. The van der Waals surface area contributed by atoms with E-state index in [0.29, 0.717) is 0 Å². The van der Waals surface area contributed by atoms with Crippen LogP contribution in [0.2, 0.25) is 5.02 Å². The highest BCUT2D eigenvalue weighted by Crippen LogP contribution is 2.22. The maximum atomic E-state index is 12.9. The van der Waals surface area contributed by atoms with Crippen LogP contribution in [0.25, 0.3) is 0 Å². The lowest BCUT2D eigenvalue weighted by Gasteiger charge is -2.07. The van der Waals surface area contributed by atoms with Gasteiger partial charge >= 0.3 is 0 Å². The van der Waals surface area contributed by atoms with Gasteiger partial charge in [0.2, 0.25) is 0 Å². The lowest BCUT2D eigenvalue weighted by Crippen LogP contribution is -2.12. The quantitative estimate of drug-likeness (QED) is 0.885. The second-order valence-corrected chi connectivity index (χ2v) is 4.15. The zero-order valence-corrected chi connectivity index (χ0v) is 10.2. The average molecular weight is 284 g/mol. The summed E-state index contributed by atoms with van der Waals surface area (Å²) in [4.78, 5) is 11.8. The first-order valence-corrected chi connectivity index (χ1v) is 5.60. The highest BCUT2D eigenvalue weighted by Gasteiger charge is 2.12. The number of hydrogen-bond acceptors (Lipinski definition) is 2. The van der Waals surface area contributed by atoms with E-state index in [0.717, 1.165) is 24.3 Å². The van der Waals surface area contributed by atoms with Crippen molar-refractivity contribution in [1.82, 2.24) is 0 Å². The maximum absolute atomic E-state index is 12.9. The molecule has 1 amide bonds. The number of nitrogens with one attached hydrogen (secondary N) is 1. The van der Waals surface area contributed by atoms with Crippen molar-refractivity contribution in [3.8, 4) is 5.75 Å². The van der Waals surface area contributed by atoms with Crippen molar-refractivity contribution < 1.29 is 18.7 Å². The molecule has 19 heavy (non-hydrogen) atoms. The van der Waals surface area contributed by atoms with Gasteiger partial charge in [0, 0.05) is 11.8 Å². The molecule has 2 N–H and O–H groups in total. The first-order chi connectivity index (χ1) is 8.97. The largest absolute Gasteiger partial charge is 0.507 e. The molecule has 6 heteroatoms. The number of phenolic OH excluding ortho intramolecular Hbond substituents is 1. The third-order valence-corrected chi connectivity index (χ3v) is 2.67. The third kappa shape index (κ3) is 3.00. The fourth-order valence-electron chi connectivity index (χ4n) is 1.47. The van der Waals surface area contributed by atoms with Crippen LogP contribution in [0.5, 0.6) is 5.75 Å². The summed E-state index contributed by atoms with van der Waals surface area (Å²) in [5, 5.41) is 11.7. The minimum Gasteiger partial charge on any atom is -0.507 e. The minimum absolute atomic E-state index is 0.0955. The van der Waals surface area contributed by atoms with Gasteiger partial charge < -0.3 is 10.4 Å². The molecule has 0 heterocycles. The fraction of sp³-hybridized carbons (Fsp3) is 0. The third-order valence-electron chi connectivity index (χ3n) is 2.38. The van der Waals surface area contributed by atoms with Crippen LogP contribution in [0.15, 0.2) is 36.4 Å². The van der Waals surface area contributed by atoms with Gasteiger partial charge in [-0.2, -0.15) is 0 Å². The van der Waals surface area contributed by atoms with Crippen LogP contribution in [0.3, 0.4) is 0 Å². The first-order valence-electron chi connectivity index (χ1n) is 5.22. The SMILES string of the molecule is O=C(Nc1ccc(F)c(Cl)c1)c1ccc(F)cc1O. The number of halogens is 3. The zero-order chi connectivity index (χ0) is 14.0. The normalized spacial score (nSPS) is 10.3. The maximum Gasteiger partial charge on any atom is 0.259 e. The van der Waals surface area contributed by atoms with Crippen molar-refractivity contribution in [3.05, 3.63) is 58.6 Å². The van der Waals surface area contributed by atoms with Crippen molar-refractivity contribution in [2.75, 3.05) is 5.32 Å². The summed E-state index contributed by atoms with van der Waals surface area (Å²) in [6.07, 6.45) is 0. The average Bonchev–Trinajstić information content (AvgIpc) is 2.33. The molecule has 0 bridgehead atoms. The molecule has 3 nitrogen and oxygen atoms in total. The first kappa shape index (κ1) is 13.3. The fourth-order valence-corrected chi connectivity index (χ4v) is 1.65. The van der Waals surface area contributed by atoms with Crippen molar-refractivity contribution in [3.63, 3.8) is 0 Å². The summed E-state index contributed by atoms with van der Waals surface area (Å²) >= 11 is 5.57. The molecular weight excluding hydrogens is 276 g/mol. The second kappa shape index (κ2) is 5.24. The van der Waals surface area contributed by atoms with Crippen molar-refractivity contribution >= 4 is 23.2 Å². The van der Waals surface area contributed by atoms with E-state index >= 15 is 0 Å². The number of amides is 1. The van der Waals surface area contributed by atoms with E-state index in [4.69, 9.17) is 11.6 Å². The Hall–Kier alpha value is -2.14. The van der Waals surface area contributed by atoms with Gasteiger partial charge in [-0.05, 0) is 30.3 Å². The Kier molecular flexibility index (Phi) is 3.66. The van der Waals surface area contributed by atoms with Gasteiger partial charge in [-0.15, -0.1) is 0 Å². The van der Waals surface area contributed by atoms with Gasteiger partial charge in [-0.1, -0.05) is 11.6 Å². The number of anilines is 1. The smallest absolute Gasteiger partial charge is 0.259 e. The van der Waals surface area contributed by atoms with E-state index in [1.807, 2.05) is 0 Å². The molecule has 0 radical (unpaired) electrons. The number of aromatic hydroxyl groups is 1. The van der Waals surface area contributed by atoms with Crippen LogP contribution in [-0.4, -0.2) is 11.0 Å². The van der Waals surface area contributed by atoms with Gasteiger partial charge in [0.15, 0.2) is 0 Å². The Labute approximate surface area is 112 Å². The van der Waals surface area contributed by atoms with Crippen LogP contribution >= 0.6 is 11.6 Å². The van der Waals surface area contributed by atoms with Gasteiger partial charge in [-0.3, -0.25) is 4.79 Å². The number of carbonyl (C=O) groups excluding carboxylic acids is 1. The predicted molar refractivity (Wildman–Crippen MR) is 67.4 cm³/mol. The van der Waals surface area contributed by atoms with Crippen LogP contribution in [0.4, 0.5) is 14.5 Å². The number of hydrogen-bond donors (Lipinski definition) is 2. The Bertz CT molecular complexity index is 647. The number of carbonyl (C=O) groups is 1. The topological polar surface area (TPSA) is 49.3 Å². The number of benzene rings is 2. The van der Waals surface area contributed by atoms with Crippen molar-refractivity contribution in [2.45, 2.75) is 0 Å². The molecular formula is C13H8ClF2NO2. The monoisotopic (exact) mass is 283 g/mol. The van der Waals surface area contributed by atoms with Crippen LogP contribution in [0.1, 0.15) is 10.4 Å². The molecule has 0 aliphatic heterocycles. The highest BCUT2D eigenvalue weighted by molar-refractivity contribution is 6.31. The molecule has 0 spiro atoms. The van der Waals surface area contributed by atoms with E-state index in [2.05, 4.69) is 5.32 Å². The lowest BCUT2D eigenvalue weighted by molar-refractivity contribution is 0.102. The van der Waals surface area contributed by atoms with Gasteiger partial charge in [0.05, 0.1) is 10.6 Å². The minimum atomic E-state index is -0.654. The molecule has 0 unspecified atom stereocenters. The molecule has 0 aliphatic rings. The van der Waals surface area contributed by atoms with E-state index in [1.54, 1.807) is 0 Å². The standard InChI is InChI=1S/C13H8ClF2NO2/c14-10-6-8(2-4-11(10)16)17-13(19)9-3-1-7(15)5-12(9)18/h1-6,18H,(H,17,19). The van der Waals surface area contributed by atoms with Crippen LogP contribution in [-0.2, 0) is 0 Å². The number of rotatable bonds is 2. The lowest BCUT2D eigenvalue weighted by atomic mass is 10.1. The van der Waals surface area contributed by atoms with Crippen molar-refractivity contribution in [2.24, 2.45) is 0 Å². The van der Waals surface area contributed by atoms with Crippen LogP contribution < -0.4 is 5.32 Å². The van der Waals surface area contributed by atoms with E-state index in [-0.39, 0.29) is 16.3 Å². The molecule has 0 aliphatic carbocycles. The summed E-state index contributed by atoms with van der Waals surface area (Å²) in [5.41, 5.74) is 0.168. The summed E-state index contributed by atoms with van der Waals surface area (Å²) < 4.78 is 25.7. The molecule has 0 aromatic heterocycles. The Morgan fingerprint density at radius 3 is 2.53 bits per heavy atom. The van der Waals surface area contributed by atoms with Gasteiger partial charge in [-0.25, -0.2) is 8.78 Å². The van der Waals surface area contributed by atoms with E-state index < -0.39 is 23.3 Å². The van der Waals surface area contributed by atoms with Gasteiger partial charge in [0.25, 0.3) is 5.91 Å². The van der Waals surface area contributed by atoms with E-state index in [9.17, 15) is 18.7 Å². The van der Waals surface area contributed by atoms with Crippen molar-refractivity contribution in [1.29, 1.82) is 0 Å². The molecule has 0 fully saturated rings. The van der Waals surface area contributed by atoms with Crippen LogP contribution in [0, 0.1) is 11.6 Å². The molecule has 0 atom stereocenters. The predicted octanol–water partition coefficient (Wildman–Crippen LogP) is 3.58. The summed E-state index contributed by atoms with van der Waals surface area (Å²) in [6, 6.07) is 6.67. The summed E-state index contributed by atoms with van der Waals surface area (Å²) in [7, 11) is 0. The Balaban J connectivity index is 2.23.